The molecule has 0 saturated carbocycles. The second kappa shape index (κ2) is 11.4. The predicted molar refractivity (Wildman–Crippen MR) is 141 cm³/mol. The fourth-order valence-electron chi connectivity index (χ4n) is 3.24. The minimum absolute atomic E-state index is 0.208. The summed E-state index contributed by atoms with van der Waals surface area (Å²) in [6, 6.07) is 17.9. The zero-order valence-electron chi connectivity index (χ0n) is 21.0. The molecule has 7 heteroatoms. The maximum absolute atomic E-state index is 13.6. The van der Waals surface area contributed by atoms with E-state index in [1.165, 1.54) is 5.57 Å². The lowest BCUT2D eigenvalue weighted by atomic mass is 10.00. The number of hydrogen-bond donors (Lipinski definition) is 0. The van der Waals surface area contributed by atoms with Crippen LogP contribution < -0.4 is 9.05 Å². The Morgan fingerprint density at radius 2 is 1.44 bits per heavy atom. The Labute approximate surface area is 205 Å². The second-order valence-electron chi connectivity index (χ2n) is 10.0. The maximum atomic E-state index is 13.6. The zero-order valence-corrected chi connectivity index (χ0v) is 22.8. The molecule has 0 amide bonds. The van der Waals surface area contributed by atoms with Gasteiger partial charge in [-0.1, -0.05) is 62.7 Å². The van der Waals surface area contributed by atoms with Gasteiger partial charge in [0.2, 0.25) is 0 Å². The molecule has 5 nitrogen and oxygen atoms in total. The van der Waals surface area contributed by atoms with E-state index in [2.05, 4.69) is 33.9 Å². The van der Waals surface area contributed by atoms with Crippen molar-refractivity contribution in [1.29, 1.82) is 0 Å². The molecule has 0 heterocycles. The van der Waals surface area contributed by atoms with Crippen molar-refractivity contribution in [3.63, 3.8) is 0 Å². The summed E-state index contributed by atoms with van der Waals surface area (Å²) in [5.74, 6) is 1.36. The number of phosphoric acid groups is 1. The SMILES string of the molecule is CC(C)(C)[Si](C)(C)OCCCC1=CC(OP(=O)(Oc2ccccc2)Oc2ccccc2)=CCC1. The Morgan fingerprint density at radius 3 is 1.97 bits per heavy atom. The Morgan fingerprint density at radius 1 is 0.882 bits per heavy atom. The summed E-state index contributed by atoms with van der Waals surface area (Å²) in [6.45, 7) is 12.1. The van der Waals surface area contributed by atoms with Crippen LogP contribution in [0.25, 0.3) is 0 Å². The van der Waals surface area contributed by atoms with E-state index in [4.69, 9.17) is 18.0 Å². The Bertz CT molecular complexity index is 980. The molecule has 0 atom stereocenters. The van der Waals surface area contributed by atoms with Crippen molar-refractivity contribution in [2.45, 2.75) is 64.6 Å². The van der Waals surface area contributed by atoms with Gasteiger partial charge >= 0.3 is 7.82 Å². The van der Waals surface area contributed by atoms with Crippen molar-refractivity contribution in [1.82, 2.24) is 0 Å². The minimum Gasteiger partial charge on any atom is -0.417 e. The summed E-state index contributed by atoms with van der Waals surface area (Å²) >= 11 is 0. The highest BCUT2D eigenvalue weighted by Crippen LogP contribution is 2.52. The maximum Gasteiger partial charge on any atom is 0.647 e. The first-order chi connectivity index (χ1) is 16.1. The molecule has 184 valence electrons. The van der Waals surface area contributed by atoms with Crippen LogP contribution in [0.5, 0.6) is 11.5 Å². The molecule has 0 radical (unpaired) electrons. The summed E-state index contributed by atoms with van der Waals surface area (Å²) in [5.41, 5.74) is 1.25. The van der Waals surface area contributed by atoms with Gasteiger partial charge in [-0.2, -0.15) is 4.57 Å². The molecule has 0 fully saturated rings. The molecule has 34 heavy (non-hydrogen) atoms. The molecule has 1 aliphatic carbocycles. The van der Waals surface area contributed by atoms with Gasteiger partial charge in [0.15, 0.2) is 8.32 Å². The monoisotopic (exact) mass is 500 g/mol. The standard InChI is InChI=1S/C27H37O5PSi/c1-27(2,3)34(4,5)29-21-13-15-23-14-12-20-26(22-23)32-33(28,30-24-16-8-6-9-17-24)31-25-18-10-7-11-19-25/h6-11,16-20,22H,12-15,21H2,1-5H3. The Kier molecular flexibility index (Phi) is 8.86. The van der Waals surface area contributed by atoms with E-state index in [9.17, 15) is 4.57 Å². The molecule has 0 N–H and O–H groups in total. The van der Waals surface area contributed by atoms with Crippen LogP contribution >= 0.6 is 7.82 Å². The van der Waals surface area contributed by atoms with Crippen LogP contribution in [-0.2, 0) is 13.5 Å². The molecule has 0 saturated heterocycles. The summed E-state index contributed by atoms with van der Waals surface area (Å²) in [4.78, 5) is 0. The quantitative estimate of drug-likeness (QED) is 0.175. The molecule has 3 rings (SSSR count). The Balaban J connectivity index is 1.65. The third-order valence-electron chi connectivity index (χ3n) is 6.21. The number of phosphoric ester groups is 1. The van der Waals surface area contributed by atoms with Gasteiger partial charge in [-0.25, -0.2) is 0 Å². The van der Waals surface area contributed by atoms with Crippen LogP contribution in [0.15, 0.2) is 84.1 Å². The molecule has 0 aliphatic heterocycles. The van der Waals surface area contributed by atoms with E-state index in [1.54, 1.807) is 24.3 Å². The summed E-state index contributed by atoms with van der Waals surface area (Å²) in [6.07, 6.45) is 7.54. The zero-order chi connectivity index (χ0) is 24.7. The molecular weight excluding hydrogens is 463 g/mol. The van der Waals surface area contributed by atoms with Crippen molar-refractivity contribution >= 4 is 16.1 Å². The molecule has 1 aliphatic rings. The highest BCUT2D eigenvalue weighted by atomic mass is 31.2. The number of benzene rings is 2. The van der Waals surface area contributed by atoms with Crippen LogP contribution in [0.3, 0.4) is 0 Å². The topological polar surface area (TPSA) is 54.0 Å². The highest BCUT2D eigenvalue weighted by Gasteiger charge is 2.37. The number of rotatable bonds is 11. The van der Waals surface area contributed by atoms with Crippen LogP contribution in [0.2, 0.25) is 18.1 Å². The average Bonchev–Trinajstić information content (AvgIpc) is 2.77. The lowest BCUT2D eigenvalue weighted by Crippen LogP contribution is -2.40. The molecule has 0 aromatic heterocycles. The van der Waals surface area contributed by atoms with E-state index in [1.807, 2.05) is 48.6 Å². The fraction of sp³-hybridized carbons (Fsp3) is 0.407. The first-order valence-corrected chi connectivity index (χ1v) is 16.3. The third kappa shape index (κ3) is 7.90. The summed E-state index contributed by atoms with van der Waals surface area (Å²) in [5, 5.41) is 0.208. The fourth-order valence-corrected chi connectivity index (χ4v) is 5.59. The van der Waals surface area contributed by atoms with E-state index in [-0.39, 0.29) is 5.04 Å². The van der Waals surface area contributed by atoms with Gasteiger partial charge in [0.25, 0.3) is 0 Å². The Hall–Kier alpha value is -2.27. The van der Waals surface area contributed by atoms with Gasteiger partial charge in [0.1, 0.15) is 17.3 Å². The van der Waals surface area contributed by atoms with Gasteiger partial charge in [-0.3, -0.25) is 0 Å². The number of allylic oxidation sites excluding steroid dienone is 3. The van der Waals surface area contributed by atoms with E-state index >= 15 is 0 Å². The molecule has 0 unspecified atom stereocenters. The van der Waals surface area contributed by atoms with Gasteiger partial charge in [0.05, 0.1) is 0 Å². The molecule has 2 aromatic carbocycles. The largest absolute Gasteiger partial charge is 0.647 e. The normalized spacial score (nSPS) is 14.7. The summed E-state index contributed by atoms with van der Waals surface area (Å²) in [7, 11) is -5.70. The average molecular weight is 501 g/mol. The van der Waals surface area contributed by atoms with E-state index < -0.39 is 16.1 Å². The summed E-state index contributed by atoms with van der Waals surface area (Å²) < 4.78 is 37.3. The van der Waals surface area contributed by atoms with Crippen molar-refractivity contribution in [3.05, 3.63) is 84.1 Å². The number of hydrogen-bond acceptors (Lipinski definition) is 5. The van der Waals surface area contributed by atoms with Gasteiger partial charge in [0, 0.05) is 6.61 Å². The minimum atomic E-state index is -3.96. The van der Waals surface area contributed by atoms with Crippen LogP contribution in [0.1, 0.15) is 46.5 Å². The van der Waals surface area contributed by atoms with Gasteiger partial charge in [-0.05, 0) is 80.2 Å². The molecule has 0 bridgehead atoms. The van der Waals surface area contributed by atoms with Crippen molar-refractivity contribution < 1.29 is 22.6 Å². The molecular formula is C27H37O5PSi. The van der Waals surface area contributed by atoms with E-state index in [0.717, 1.165) is 32.3 Å². The van der Waals surface area contributed by atoms with E-state index in [0.29, 0.717) is 17.3 Å². The second-order valence-corrected chi connectivity index (χ2v) is 16.3. The van der Waals surface area contributed by atoms with Crippen LogP contribution in [-0.4, -0.2) is 14.9 Å². The van der Waals surface area contributed by atoms with Crippen LogP contribution in [0, 0.1) is 0 Å². The first-order valence-electron chi connectivity index (χ1n) is 11.9. The van der Waals surface area contributed by atoms with Crippen molar-refractivity contribution in [2.75, 3.05) is 6.61 Å². The lowest BCUT2D eigenvalue weighted by Gasteiger charge is -2.36. The highest BCUT2D eigenvalue weighted by molar-refractivity contribution is 7.49. The van der Waals surface area contributed by atoms with Crippen LogP contribution in [0.4, 0.5) is 0 Å². The smallest absolute Gasteiger partial charge is 0.417 e. The third-order valence-corrected chi connectivity index (χ3v) is 12.0. The molecule has 2 aromatic rings. The predicted octanol–water partition coefficient (Wildman–Crippen LogP) is 8.68. The van der Waals surface area contributed by atoms with Gasteiger partial charge < -0.3 is 18.0 Å². The molecule has 0 spiro atoms. The van der Waals surface area contributed by atoms with Crippen molar-refractivity contribution in [2.24, 2.45) is 0 Å². The number of para-hydroxylation sites is 2. The first kappa shape index (κ1) is 26.3. The van der Waals surface area contributed by atoms with Gasteiger partial charge in [-0.15, -0.1) is 0 Å². The van der Waals surface area contributed by atoms with Crippen molar-refractivity contribution in [3.8, 4) is 11.5 Å². The lowest BCUT2D eigenvalue weighted by molar-refractivity contribution is 0.260.